The number of likely N-dealkylation sites (tertiary alicyclic amines) is 1. The molecule has 1 atom stereocenters. The Hall–Kier alpha value is -2.06. The first-order valence-electron chi connectivity index (χ1n) is 12.0. The molecule has 0 N–H and O–H groups in total. The third-order valence-corrected chi connectivity index (χ3v) is 8.85. The van der Waals surface area contributed by atoms with Crippen molar-refractivity contribution in [3.63, 3.8) is 0 Å². The fourth-order valence-corrected chi connectivity index (χ4v) is 6.30. The lowest BCUT2D eigenvalue weighted by molar-refractivity contribution is -0.118. The number of ketones is 1. The van der Waals surface area contributed by atoms with Crippen LogP contribution >= 0.6 is 0 Å². The normalized spacial score (nSPS) is 20.8. The molecule has 2 aliphatic heterocycles. The maximum atomic E-state index is 13.0. The van der Waals surface area contributed by atoms with Gasteiger partial charge in [-0.3, -0.25) is 9.69 Å². The Morgan fingerprint density at radius 2 is 1.52 bits per heavy atom. The first-order chi connectivity index (χ1) is 15.8. The highest BCUT2D eigenvalue weighted by molar-refractivity contribution is 7.89. The summed E-state index contributed by atoms with van der Waals surface area (Å²) in [4.78, 5) is 16.2. The quantitative estimate of drug-likeness (QED) is 0.594. The largest absolute Gasteiger partial charge is 0.300 e. The van der Waals surface area contributed by atoms with Gasteiger partial charge in [0.25, 0.3) is 0 Å². The van der Waals surface area contributed by atoms with Crippen molar-refractivity contribution in [2.45, 2.75) is 44.0 Å². The first-order valence-corrected chi connectivity index (χ1v) is 13.4. The van der Waals surface area contributed by atoms with Crippen molar-refractivity contribution in [1.82, 2.24) is 14.1 Å². The fraction of sp³-hybridized carbons (Fsp3) is 0.500. The summed E-state index contributed by atoms with van der Waals surface area (Å²) < 4.78 is 27.6. The molecule has 2 aliphatic rings. The van der Waals surface area contributed by atoms with Gasteiger partial charge in [0, 0.05) is 38.8 Å². The molecule has 0 saturated carbocycles. The summed E-state index contributed by atoms with van der Waals surface area (Å²) in [6.45, 7) is 8.57. The zero-order valence-electron chi connectivity index (χ0n) is 19.7. The molecular weight excluding hydrogens is 434 g/mol. The van der Waals surface area contributed by atoms with E-state index in [9.17, 15) is 13.2 Å². The van der Waals surface area contributed by atoms with Gasteiger partial charge in [-0.1, -0.05) is 36.4 Å². The van der Waals surface area contributed by atoms with E-state index >= 15 is 0 Å². The van der Waals surface area contributed by atoms with E-state index in [-0.39, 0.29) is 5.78 Å². The predicted molar refractivity (Wildman–Crippen MR) is 132 cm³/mol. The summed E-state index contributed by atoms with van der Waals surface area (Å²) >= 11 is 0. The molecule has 7 heteroatoms. The zero-order valence-corrected chi connectivity index (χ0v) is 20.6. The standard InChI is InChI=1S/C26H35N3O3S/c1-21-4-3-14-28(21)15-13-23-5-7-24(8-6-23)25-9-11-26(12-10-25)33(31,32)29-18-16-27(17-19-29)20-22(2)30/h5-12,21H,3-4,13-20H2,1-2H3. The summed E-state index contributed by atoms with van der Waals surface area (Å²) in [5, 5.41) is 0. The van der Waals surface area contributed by atoms with Crippen LogP contribution in [0.5, 0.6) is 0 Å². The second kappa shape index (κ2) is 10.5. The lowest BCUT2D eigenvalue weighted by Crippen LogP contribution is -2.49. The van der Waals surface area contributed by atoms with Gasteiger partial charge in [-0.05, 0) is 68.5 Å². The third kappa shape index (κ3) is 5.90. The second-order valence-corrected chi connectivity index (χ2v) is 11.3. The number of sulfonamides is 1. The van der Waals surface area contributed by atoms with E-state index in [1.54, 1.807) is 19.1 Å². The number of benzene rings is 2. The Labute approximate surface area is 198 Å². The van der Waals surface area contributed by atoms with Crippen LogP contribution in [0.1, 0.15) is 32.3 Å². The van der Waals surface area contributed by atoms with Gasteiger partial charge in [0.05, 0.1) is 11.4 Å². The van der Waals surface area contributed by atoms with Gasteiger partial charge in [-0.25, -0.2) is 8.42 Å². The molecule has 0 aliphatic carbocycles. The van der Waals surface area contributed by atoms with Gasteiger partial charge < -0.3 is 4.90 Å². The fourth-order valence-electron chi connectivity index (χ4n) is 4.87. The molecule has 2 saturated heterocycles. The number of piperazine rings is 1. The topological polar surface area (TPSA) is 60.9 Å². The van der Waals surface area contributed by atoms with Gasteiger partial charge in [0.15, 0.2) is 0 Å². The molecule has 0 amide bonds. The highest BCUT2D eigenvalue weighted by Crippen LogP contribution is 2.25. The first kappa shape index (κ1) is 24.1. The molecule has 2 aromatic carbocycles. The van der Waals surface area contributed by atoms with E-state index < -0.39 is 10.0 Å². The number of Topliss-reactive ketones (excluding diaryl/α,β-unsaturated/α-hetero) is 1. The Morgan fingerprint density at radius 1 is 0.909 bits per heavy atom. The maximum Gasteiger partial charge on any atom is 0.243 e. The van der Waals surface area contributed by atoms with Gasteiger partial charge in [-0.15, -0.1) is 0 Å². The van der Waals surface area contributed by atoms with Gasteiger partial charge in [-0.2, -0.15) is 4.31 Å². The Kier molecular flexibility index (Phi) is 7.64. The van der Waals surface area contributed by atoms with Crippen LogP contribution in [-0.4, -0.2) is 80.2 Å². The minimum atomic E-state index is -3.52. The van der Waals surface area contributed by atoms with E-state index in [0.29, 0.717) is 43.7 Å². The monoisotopic (exact) mass is 469 g/mol. The van der Waals surface area contributed by atoms with Crippen LogP contribution in [0.2, 0.25) is 0 Å². The van der Waals surface area contributed by atoms with Gasteiger partial charge in [0.1, 0.15) is 5.78 Å². The van der Waals surface area contributed by atoms with E-state index in [4.69, 9.17) is 0 Å². The molecule has 0 aromatic heterocycles. The summed E-state index contributed by atoms with van der Waals surface area (Å²) in [5.41, 5.74) is 3.44. The van der Waals surface area contributed by atoms with Crippen molar-refractivity contribution < 1.29 is 13.2 Å². The van der Waals surface area contributed by atoms with Crippen LogP contribution < -0.4 is 0 Å². The molecule has 2 fully saturated rings. The van der Waals surface area contributed by atoms with Crippen LogP contribution in [-0.2, 0) is 21.2 Å². The molecule has 2 aromatic rings. The number of carbonyl (C=O) groups is 1. The molecule has 33 heavy (non-hydrogen) atoms. The van der Waals surface area contributed by atoms with E-state index in [2.05, 4.69) is 36.1 Å². The average molecular weight is 470 g/mol. The lowest BCUT2D eigenvalue weighted by atomic mass is 10.0. The van der Waals surface area contributed by atoms with E-state index in [0.717, 1.165) is 24.1 Å². The van der Waals surface area contributed by atoms with Crippen molar-refractivity contribution >= 4 is 15.8 Å². The van der Waals surface area contributed by atoms with Crippen LogP contribution in [0, 0.1) is 0 Å². The molecule has 1 unspecified atom stereocenters. The zero-order chi connectivity index (χ0) is 23.4. The molecule has 0 radical (unpaired) electrons. The van der Waals surface area contributed by atoms with Crippen molar-refractivity contribution in [2.24, 2.45) is 0 Å². The minimum absolute atomic E-state index is 0.108. The SMILES string of the molecule is CC(=O)CN1CCN(S(=O)(=O)c2ccc(-c3ccc(CCN4CCCC4C)cc3)cc2)CC1. The maximum absolute atomic E-state index is 13.0. The Bertz CT molecular complexity index is 1040. The van der Waals surface area contributed by atoms with Crippen LogP contribution in [0.4, 0.5) is 0 Å². The van der Waals surface area contributed by atoms with Gasteiger partial charge >= 0.3 is 0 Å². The van der Waals surface area contributed by atoms with Crippen molar-refractivity contribution in [1.29, 1.82) is 0 Å². The highest BCUT2D eigenvalue weighted by atomic mass is 32.2. The molecule has 178 valence electrons. The summed E-state index contributed by atoms with van der Waals surface area (Å²) in [7, 11) is -3.52. The van der Waals surface area contributed by atoms with E-state index in [1.807, 2.05) is 17.0 Å². The smallest absolute Gasteiger partial charge is 0.243 e. The second-order valence-electron chi connectivity index (χ2n) is 9.38. The third-order valence-electron chi connectivity index (χ3n) is 6.94. The number of hydrogen-bond acceptors (Lipinski definition) is 5. The molecule has 0 bridgehead atoms. The highest BCUT2D eigenvalue weighted by Gasteiger charge is 2.28. The summed E-state index contributed by atoms with van der Waals surface area (Å²) in [5.74, 6) is 0.108. The molecule has 2 heterocycles. The molecule has 4 rings (SSSR count). The van der Waals surface area contributed by atoms with Crippen LogP contribution in [0.15, 0.2) is 53.4 Å². The predicted octanol–water partition coefficient (Wildman–Crippen LogP) is 3.28. The van der Waals surface area contributed by atoms with Crippen LogP contribution in [0.25, 0.3) is 11.1 Å². The van der Waals surface area contributed by atoms with Crippen LogP contribution in [0.3, 0.4) is 0 Å². The van der Waals surface area contributed by atoms with Crippen molar-refractivity contribution in [3.8, 4) is 11.1 Å². The van der Waals surface area contributed by atoms with E-state index in [1.165, 1.54) is 29.3 Å². The molecule has 6 nitrogen and oxygen atoms in total. The number of carbonyl (C=O) groups excluding carboxylic acids is 1. The lowest BCUT2D eigenvalue weighted by Gasteiger charge is -2.33. The minimum Gasteiger partial charge on any atom is -0.300 e. The van der Waals surface area contributed by atoms with Gasteiger partial charge in [0.2, 0.25) is 10.0 Å². The molecular formula is C26H35N3O3S. The average Bonchev–Trinajstić information content (AvgIpc) is 3.23. The number of rotatable bonds is 8. The number of hydrogen-bond donors (Lipinski definition) is 0. The Balaban J connectivity index is 1.36. The summed E-state index contributed by atoms with van der Waals surface area (Å²) in [6, 6.07) is 16.5. The summed E-state index contributed by atoms with van der Waals surface area (Å²) in [6.07, 6.45) is 3.67. The number of nitrogens with zero attached hydrogens (tertiary/aromatic N) is 3. The van der Waals surface area contributed by atoms with Crippen molar-refractivity contribution in [2.75, 3.05) is 45.8 Å². The van der Waals surface area contributed by atoms with Crippen molar-refractivity contribution in [3.05, 3.63) is 54.1 Å². The Morgan fingerprint density at radius 3 is 2.06 bits per heavy atom. The molecule has 0 spiro atoms.